The van der Waals surface area contributed by atoms with Crippen molar-refractivity contribution in [2.45, 2.75) is 6.54 Å². The number of hydrogen-bond acceptors (Lipinski definition) is 4. The van der Waals surface area contributed by atoms with Crippen molar-refractivity contribution in [3.63, 3.8) is 0 Å². The summed E-state index contributed by atoms with van der Waals surface area (Å²) in [5.41, 5.74) is 1.66. The lowest BCUT2D eigenvalue weighted by Crippen LogP contribution is -2.19. The van der Waals surface area contributed by atoms with Gasteiger partial charge in [-0.3, -0.25) is 4.79 Å². The fourth-order valence-electron chi connectivity index (χ4n) is 2.35. The maximum atomic E-state index is 12.2. The first-order chi connectivity index (χ1) is 12.1. The standard InChI is InChI=1S/C19H17ClN4O/c1-24(13-14-6-3-2-4-7-14)18-11-10-17(22-23-18)21-19(25)15-8-5-9-16(20)12-15/h2-12H,13H2,1H3,(H,21,22,25). The molecule has 25 heavy (non-hydrogen) atoms. The van der Waals surface area contributed by atoms with E-state index in [0.717, 1.165) is 12.4 Å². The summed E-state index contributed by atoms with van der Waals surface area (Å²) < 4.78 is 0. The molecule has 0 aliphatic carbocycles. The summed E-state index contributed by atoms with van der Waals surface area (Å²) >= 11 is 5.90. The number of benzene rings is 2. The van der Waals surface area contributed by atoms with Gasteiger partial charge >= 0.3 is 0 Å². The van der Waals surface area contributed by atoms with Crippen molar-refractivity contribution in [1.29, 1.82) is 0 Å². The number of rotatable bonds is 5. The molecule has 0 fully saturated rings. The number of hydrogen-bond donors (Lipinski definition) is 1. The van der Waals surface area contributed by atoms with Gasteiger partial charge in [-0.25, -0.2) is 0 Å². The normalized spacial score (nSPS) is 10.3. The van der Waals surface area contributed by atoms with E-state index in [9.17, 15) is 4.79 Å². The summed E-state index contributed by atoms with van der Waals surface area (Å²) in [5.74, 6) is 0.841. The van der Waals surface area contributed by atoms with Crippen LogP contribution in [-0.4, -0.2) is 23.2 Å². The predicted octanol–water partition coefficient (Wildman–Crippen LogP) is 4.02. The number of nitrogens with zero attached hydrogens (tertiary/aromatic N) is 3. The van der Waals surface area contributed by atoms with Crippen LogP contribution in [0.25, 0.3) is 0 Å². The lowest BCUT2D eigenvalue weighted by atomic mass is 10.2. The molecule has 0 saturated heterocycles. The average molecular weight is 353 g/mol. The van der Waals surface area contributed by atoms with Crippen molar-refractivity contribution in [3.05, 3.63) is 82.9 Å². The van der Waals surface area contributed by atoms with Crippen LogP contribution in [-0.2, 0) is 6.54 Å². The van der Waals surface area contributed by atoms with Gasteiger partial charge in [-0.2, -0.15) is 0 Å². The number of carbonyl (C=O) groups excluding carboxylic acids is 1. The summed E-state index contributed by atoms with van der Waals surface area (Å²) in [5, 5.41) is 11.5. The second-order valence-corrected chi connectivity index (χ2v) is 6.02. The molecule has 1 heterocycles. The molecule has 0 bridgehead atoms. The molecule has 0 saturated carbocycles. The molecular formula is C19H17ClN4O. The Morgan fingerprint density at radius 3 is 2.52 bits per heavy atom. The van der Waals surface area contributed by atoms with Gasteiger partial charge in [0.1, 0.15) is 0 Å². The molecule has 1 aromatic heterocycles. The highest BCUT2D eigenvalue weighted by Gasteiger charge is 2.09. The first-order valence-corrected chi connectivity index (χ1v) is 8.15. The van der Waals surface area contributed by atoms with Crippen molar-refractivity contribution in [3.8, 4) is 0 Å². The van der Waals surface area contributed by atoms with Gasteiger partial charge in [-0.1, -0.05) is 48.0 Å². The third-order valence-electron chi connectivity index (χ3n) is 3.63. The van der Waals surface area contributed by atoms with E-state index in [2.05, 4.69) is 27.6 Å². The molecule has 1 N–H and O–H groups in total. The van der Waals surface area contributed by atoms with E-state index >= 15 is 0 Å². The van der Waals surface area contributed by atoms with Crippen molar-refractivity contribution in [2.24, 2.45) is 0 Å². The molecule has 0 spiro atoms. The Labute approximate surface area is 151 Å². The third kappa shape index (κ3) is 4.55. The number of carbonyl (C=O) groups is 1. The Hall–Kier alpha value is -2.92. The molecule has 0 unspecified atom stereocenters. The molecule has 3 aromatic rings. The second-order valence-electron chi connectivity index (χ2n) is 5.58. The fourth-order valence-corrected chi connectivity index (χ4v) is 2.54. The highest BCUT2D eigenvalue weighted by Crippen LogP contribution is 2.15. The molecule has 0 aliphatic heterocycles. The van der Waals surface area contributed by atoms with Crippen LogP contribution in [0.4, 0.5) is 11.6 Å². The van der Waals surface area contributed by atoms with Gasteiger partial charge in [0.25, 0.3) is 5.91 Å². The molecule has 0 atom stereocenters. The first-order valence-electron chi connectivity index (χ1n) is 7.77. The molecule has 2 aromatic carbocycles. The Morgan fingerprint density at radius 1 is 1.04 bits per heavy atom. The van der Waals surface area contributed by atoms with Crippen LogP contribution < -0.4 is 10.2 Å². The smallest absolute Gasteiger partial charge is 0.256 e. The molecule has 5 nitrogen and oxygen atoms in total. The highest BCUT2D eigenvalue weighted by atomic mass is 35.5. The summed E-state index contributed by atoms with van der Waals surface area (Å²) in [7, 11) is 1.95. The van der Waals surface area contributed by atoms with Gasteiger partial charge in [-0.15, -0.1) is 10.2 Å². The van der Waals surface area contributed by atoms with Gasteiger partial charge < -0.3 is 10.2 Å². The quantitative estimate of drug-likeness (QED) is 0.753. The zero-order valence-corrected chi connectivity index (χ0v) is 14.4. The summed E-state index contributed by atoms with van der Waals surface area (Å²) in [6.07, 6.45) is 0. The van der Waals surface area contributed by atoms with Crippen molar-refractivity contribution < 1.29 is 4.79 Å². The van der Waals surface area contributed by atoms with Gasteiger partial charge in [0.05, 0.1) is 0 Å². The molecule has 126 valence electrons. The van der Waals surface area contributed by atoms with Crippen LogP contribution in [0, 0.1) is 0 Å². The van der Waals surface area contributed by atoms with Gasteiger partial charge in [0, 0.05) is 24.2 Å². The maximum absolute atomic E-state index is 12.2. The van der Waals surface area contributed by atoms with Crippen LogP contribution in [0.1, 0.15) is 15.9 Å². The van der Waals surface area contributed by atoms with Crippen LogP contribution >= 0.6 is 11.6 Å². The molecule has 6 heteroatoms. The van der Waals surface area contributed by atoms with E-state index in [-0.39, 0.29) is 5.91 Å². The van der Waals surface area contributed by atoms with Crippen molar-refractivity contribution in [1.82, 2.24) is 10.2 Å². The van der Waals surface area contributed by atoms with Crippen LogP contribution in [0.15, 0.2) is 66.7 Å². The Balaban J connectivity index is 1.64. The number of halogens is 1. The number of anilines is 2. The van der Waals surface area contributed by atoms with Crippen molar-refractivity contribution >= 4 is 29.1 Å². The zero-order valence-electron chi connectivity index (χ0n) is 13.7. The number of aromatic nitrogens is 2. The number of nitrogens with one attached hydrogen (secondary N) is 1. The third-order valence-corrected chi connectivity index (χ3v) is 3.87. The minimum absolute atomic E-state index is 0.276. The Bertz CT molecular complexity index is 853. The van der Waals surface area contributed by atoms with E-state index in [1.807, 2.05) is 36.2 Å². The highest BCUT2D eigenvalue weighted by molar-refractivity contribution is 6.31. The van der Waals surface area contributed by atoms with E-state index in [1.54, 1.807) is 30.3 Å². The lowest BCUT2D eigenvalue weighted by molar-refractivity contribution is 0.102. The first kappa shape index (κ1) is 16.9. The minimum atomic E-state index is -0.276. The molecule has 0 aliphatic rings. The lowest BCUT2D eigenvalue weighted by Gasteiger charge is -2.17. The molecule has 0 radical (unpaired) electrons. The second kappa shape index (κ2) is 7.77. The minimum Gasteiger partial charge on any atom is -0.354 e. The predicted molar refractivity (Wildman–Crippen MR) is 100.0 cm³/mol. The van der Waals surface area contributed by atoms with Gasteiger partial charge in [0.2, 0.25) is 0 Å². The molecule has 3 rings (SSSR count). The zero-order chi connectivity index (χ0) is 17.6. The maximum Gasteiger partial charge on any atom is 0.256 e. The van der Waals surface area contributed by atoms with Crippen LogP contribution in [0.5, 0.6) is 0 Å². The van der Waals surface area contributed by atoms with Gasteiger partial charge in [-0.05, 0) is 35.9 Å². The summed E-state index contributed by atoms with van der Waals surface area (Å²) in [6.45, 7) is 0.726. The van der Waals surface area contributed by atoms with Crippen LogP contribution in [0.3, 0.4) is 0 Å². The summed E-state index contributed by atoms with van der Waals surface area (Å²) in [4.78, 5) is 14.2. The number of amides is 1. The fraction of sp³-hybridized carbons (Fsp3) is 0.105. The van der Waals surface area contributed by atoms with E-state index in [1.165, 1.54) is 5.56 Å². The molecule has 1 amide bonds. The summed E-state index contributed by atoms with van der Waals surface area (Å²) in [6, 6.07) is 20.4. The average Bonchev–Trinajstić information content (AvgIpc) is 2.63. The Kier molecular flexibility index (Phi) is 5.26. The largest absolute Gasteiger partial charge is 0.354 e. The van der Waals surface area contributed by atoms with E-state index < -0.39 is 0 Å². The Morgan fingerprint density at radius 2 is 1.84 bits per heavy atom. The van der Waals surface area contributed by atoms with E-state index in [4.69, 9.17) is 11.6 Å². The SMILES string of the molecule is CN(Cc1ccccc1)c1ccc(NC(=O)c2cccc(Cl)c2)nn1. The van der Waals surface area contributed by atoms with Crippen molar-refractivity contribution in [2.75, 3.05) is 17.3 Å². The topological polar surface area (TPSA) is 58.1 Å². The van der Waals surface area contributed by atoms with Gasteiger partial charge in [0.15, 0.2) is 11.6 Å². The molecular weight excluding hydrogens is 336 g/mol. The monoisotopic (exact) mass is 352 g/mol. The van der Waals surface area contributed by atoms with Crippen LogP contribution in [0.2, 0.25) is 5.02 Å². The van der Waals surface area contributed by atoms with E-state index in [0.29, 0.717) is 16.4 Å².